The monoisotopic (exact) mass is 214 g/mol. The molecular formula is C11H22N2O2. The van der Waals surface area contributed by atoms with Crippen LogP contribution in [0.2, 0.25) is 0 Å². The summed E-state index contributed by atoms with van der Waals surface area (Å²) < 4.78 is 0. The van der Waals surface area contributed by atoms with Crippen LogP contribution < -0.4 is 5.73 Å². The summed E-state index contributed by atoms with van der Waals surface area (Å²) in [6, 6.07) is 0. The standard InChI is InChI=1S/C11H22N2O2/c1-9(8-12)10(14)13-6-3-4-11(2,15)5-7-13/h9,15H,3-8,12H2,1-2H3. The summed E-state index contributed by atoms with van der Waals surface area (Å²) >= 11 is 0. The molecule has 4 nitrogen and oxygen atoms in total. The molecule has 0 aromatic carbocycles. The lowest BCUT2D eigenvalue weighted by atomic mass is 9.98. The highest BCUT2D eigenvalue weighted by Crippen LogP contribution is 2.22. The Morgan fingerprint density at radius 2 is 2.20 bits per heavy atom. The average Bonchev–Trinajstić information content (AvgIpc) is 2.37. The summed E-state index contributed by atoms with van der Waals surface area (Å²) in [6.07, 6.45) is 2.31. The largest absolute Gasteiger partial charge is 0.390 e. The van der Waals surface area contributed by atoms with E-state index in [4.69, 9.17) is 5.73 Å². The first-order valence-electron chi connectivity index (χ1n) is 5.67. The Morgan fingerprint density at radius 3 is 2.80 bits per heavy atom. The normalized spacial score (nSPS) is 29.7. The van der Waals surface area contributed by atoms with E-state index in [-0.39, 0.29) is 11.8 Å². The van der Waals surface area contributed by atoms with E-state index in [0.717, 1.165) is 19.4 Å². The van der Waals surface area contributed by atoms with E-state index in [9.17, 15) is 9.90 Å². The number of carbonyl (C=O) groups excluding carboxylic acids is 1. The Balaban J connectivity index is 2.54. The highest BCUT2D eigenvalue weighted by atomic mass is 16.3. The van der Waals surface area contributed by atoms with Crippen LogP contribution in [-0.2, 0) is 4.79 Å². The fourth-order valence-electron chi connectivity index (χ4n) is 1.90. The third kappa shape index (κ3) is 3.47. The highest BCUT2D eigenvalue weighted by molar-refractivity contribution is 5.78. The first kappa shape index (κ1) is 12.5. The van der Waals surface area contributed by atoms with Crippen LogP contribution in [0.5, 0.6) is 0 Å². The molecule has 1 heterocycles. The van der Waals surface area contributed by atoms with E-state index < -0.39 is 5.60 Å². The van der Waals surface area contributed by atoms with E-state index in [1.54, 1.807) is 0 Å². The first-order valence-corrected chi connectivity index (χ1v) is 5.67. The fourth-order valence-corrected chi connectivity index (χ4v) is 1.90. The van der Waals surface area contributed by atoms with E-state index in [1.807, 2.05) is 18.7 Å². The predicted octanol–water partition coefficient (Wildman–Crippen LogP) is 0.345. The zero-order chi connectivity index (χ0) is 11.5. The lowest BCUT2D eigenvalue weighted by Gasteiger charge is -2.24. The van der Waals surface area contributed by atoms with Gasteiger partial charge in [0.1, 0.15) is 0 Å². The molecule has 1 rings (SSSR count). The minimum atomic E-state index is -0.610. The maximum absolute atomic E-state index is 11.9. The first-order chi connectivity index (χ1) is 6.96. The van der Waals surface area contributed by atoms with Crippen molar-refractivity contribution in [3.05, 3.63) is 0 Å². The molecular weight excluding hydrogens is 192 g/mol. The van der Waals surface area contributed by atoms with Gasteiger partial charge in [-0.2, -0.15) is 0 Å². The molecule has 1 saturated heterocycles. The lowest BCUT2D eigenvalue weighted by molar-refractivity contribution is -0.134. The number of nitrogens with zero attached hydrogens (tertiary/aromatic N) is 1. The van der Waals surface area contributed by atoms with Gasteiger partial charge in [0, 0.05) is 25.6 Å². The van der Waals surface area contributed by atoms with Crippen LogP contribution in [0.3, 0.4) is 0 Å². The summed E-state index contributed by atoms with van der Waals surface area (Å²) in [6.45, 7) is 5.49. The van der Waals surface area contributed by atoms with Crippen LogP contribution in [0.1, 0.15) is 33.1 Å². The van der Waals surface area contributed by atoms with Gasteiger partial charge in [0.25, 0.3) is 0 Å². The number of hydrogen-bond acceptors (Lipinski definition) is 3. The summed E-state index contributed by atoms with van der Waals surface area (Å²) in [5, 5.41) is 9.89. The molecule has 1 amide bonds. The molecule has 0 aromatic rings. The smallest absolute Gasteiger partial charge is 0.226 e. The lowest BCUT2D eigenvalue weighted by Crippen LogP contribution is -2.39. The molecule has 0 saturated carbocycles. The van der Waals surface area contributed by atoms with E-state index in [1.165, 1.54) is 0 Å². The Bertz CT molecular complexity index is 229. The second-order valence-electron chi connectivity index (χ2n) is 4.81. The maximum atomic E-state index is 11.9. The Labute approximate surface area is 91.4 Å². The van der Waals surface area contributed by atoms with Crippen molar-refractivity contribution in [2.45, 2.75) is 38.7 Å². The molecule has 1 aliphatic rings. The summed E-state index contributed by atoms with van der Waals surface area (Å²) in [7, 11) is 0. The molecule has 15 heavy (non-hydrogen) atoms. The minimum Gasteiger partial charge on any atom is -0.390 e. The second-order valence-corrected chi connectivity index (χ2v) is 4.81. The van der Waals surface area contributed by atoms with Crippen molar-refractivity contribution in [1.29, 1.82) is 0 Å². The van der Waals surface area contributed by atoms with Gasteiger partial charge in [0.2, 0.25) is 5.91 Å². The number of amides is 1. The van der Waals surface area contributed by atoms with Crippen LogP contribution in [0.4, 0.5) is 0 Å². The quantitative estimate of drug-likeness (QED) is 0.697. The van der Waals surface area contributed by atoms with Crippen LogP contribution in [0, 0.1) is 5.92 Å². The Kier molecular flexibility index (Phi) is 4.11. The van der Waals surface area contributed by atoms with Crippen LogP contribution in [0.25, 0.3) is 0 Å². The molecule has 1 fully saturated rings. The zero-order valence-corrected chi connectivity index (χ0v) is 9.70. The third-order valence-electron chi connectivity index (χ3n) is 3.15. The number of likely N-dealkylation sites (tertiary alicyclic amines) is 1. The minimum absolute atomic E-state index is 0.104. The summed E-state index contributed by atoms with van der Waals surface area (Å²) in [5.41, 5.74) is 4.86. The topological polar surface area (TPSA) is 66.6 Å². The molecule has 3 N–H and O–H groups in total. The summed E-state index contributed by atoms with van der Waals surface area (Å²) in [5.74, 6) is 0.0169. The number of aliphatic hydroxyl groups is 1. The molecule has 2 atom stereocenters. The van der Waals surface area contributed by atoms with Crippen molar-refractivity contribution in [3.63, 3.8) is 0 Å². The van der Waals surface area contributed by atoms with Gasteiger partial charge in [-0.15, -0.1) is 0 Å². The molecule has 4 heteroatoms. The zero-order valence-electron chi connectivity index (χ0n) is 9.70. The van der Waals surface area contributed by atoms with Gasteiger partial charge >= 0.3 is 0 Å². The van der Waals surface area contributed by atoms with Gasteiger partial charge in [-0.05, 0) is 26.2 Å². The van der Waals surface area contributed by atoms with Gasteiger partial charge in [0.15, 0.2) is 0 Å². The van der Waals surface area contributed by atoms with Gasteiger partial charge in [-0.25, -0.2) is 0 Å². The molecule has 0 aromatic heterocycles. The van der Waals surface area contributed by atoms with Gasteiger partial charge in [0.05, 0.1) is 5.60 Å². The number of hydrogen-bond donors (Lipinski definition) is 2. The van der Waals surface area contributed by atoms with E-state index in [0.29, 0.717) is 19.5 Å². The molecule has 0 radical (unpaired) electrons. The van der Waals surface area contributed by atoms with Crippen molar-refractivity contribution in [2.75, 3.05) is 19.6 Å². The summed E-state index contributed by atoms with van der Waals surface area (Å²) in [4.78, 5) is 13.7. The SMILES string of the molecule is CC(CN)C(=O)N1CCCC(C)(O)CC1. The van der Waals surface area contributed by atoms with Gasteiger partial charge < -0.3 is 15.7 Å². The fraction of sp³-hybridized carbons (Fsp3) is 0.909. The van der Waals surface area contributed by atoms with Crippen molar-refractivity contribution in [2.24, 2.45) is 11.7 Å². The van der Waals surface area contributed by atoms with Crippen molar-refractivity contribution >= 4 is 5.91 Å². The molecule has 1 aliphatic heterocycles. The Hall–Kier alpha value is -0.610. The van der Waals surface area contributed by atoms with Crippen molar-refractivity contribution in [3.8, 4) is 0 Å². The number of rotatable bonds is 2. The van der Waals surface area contributed by atoms with Crippen LogP contribution >= 0.6 is 0 Å². The van der Waals surface area contributed by atoms with E-state index in [2.05, 4.69) is 0 Å². The number of nitrogens with two attached hydrogens (primary N) is 1. The third-order valence-corrected chi connectivity index (χ3v) is 3.15. The van der Waals surface area contributed by atoms with Gasteiger partial charge in [-0.3, -0.25) is 4.79 Å². The predicted molar refractivity (Wildman–Crippen MR) is 59.3 cm³/mol. The molecule has 0 aliphatic carbocycles. The van der Waals surface area contributed by atoms with Crippen molar-refractivity contribution in [1.82, 2.24) is 4.90 Å². The maximum Gasteiger partial charge on any atom is 0.226 e. The van der Waals surface area contributed by atoms with Gasteiger partial charge in [-0.1, -0.05) is 6.92 Å². The van der Waals surface area contributed by atoms with Crippen LogP contribution in [0.15, 0.2) is 0 Å². The average molecular weight is 214 g/mol. The molecule has 0 bridgehead atoms. The highest BCUT2D eigenvalue weighted by Gasteiger charge is 2.28. The van der Waals surface area contributed by atoms with E-state index >= 15 is 0 Å². The number of carbonyl (C=O) groups is 1. The van der Waals surface area contributed by atoms with Crippen molar-refractivity contribution < 1.29 is 9.90 Å². The second kappa shape index (κ2) is 4.94. The molecule has 0 spiro atoms. The van der Waals surface area contributed by atoms with Crippen LogP contribution in [-0.4, -0.2) is 41.1 Å². The Morgan fingerprint density at radius 1 is 1.53 bits per heavy atom. The molecule has 88 valence electrons. The molecule has 2 unspecified atom stereocenters.